The zero-order valence-corrected chi connectivity index (χ0v) is 17.8. The van der Waals surface area contributed by atoms with Gasteiger partial charge in [-0.25, -0.2) is 0 Å². The average molecular weight is 520 g/mol. The van der Waals surface area contributed by atoms with Crippen molar-refractivity contribution in [3.8, 4) is 0 Å². The van der Waals surface area contributed by atoms with Gasteiger partial charge in [0.25, 0.3) is 0 Å². The molecule has 0 radical (unpaired) electrons. The van der Waals surface area contributed by atoms with Gasteiger partial charge in [0.15, 0.2) is 0 Å². The summed E-state index contributed by atoms with van der Waals surface area (Å²) in [4.78, 5) is 20.8. The quantitative estimate of drug-likeness (QED) is 0.200. The Morgan fingerprint density at radius 3 is 1.07 bits per heavy atom. The fourth-order valence-electron chi connectivity index (χ4n) is 1.76. The number of primary amides is 2. The van der Waals surface area contributed by atoms with Crippen molar-refractivity contribution in [2.75, 3.05) is 10.6 Å². The van der Waals surface area contributed by atoms with Gasteiger partial charge in [-0.2, -0.15) is 0 Å². The van der Waals surface area contributed by atoms with Gasteiger partial charge in [-0.1, -0.05) is 0 Å². The van der Waals surface area contributed by atoms with E-state index < -0.39 is 40.4 Å². The minimum absolute atomic E-state index is 0.0434. The van der Waals surface area contributed by atoms with E-state index in [1.54, 1.807) is 0 Å². The van der Waals surface area contributed by atoms with Gasteiger partial charge in [0.2, 0.25) is 0 Å². The summed E-state index contributed by atoms with van der Waals surface area (Å²) in [6, 6.07) is 9.08. The molecule has 0 aliphatic carbocycles. The van der Waals surface area contributed by atoms with E-state index in [4.69, 9.17) is 27.9 Å². The third-order valence-electron chi connectivity index (χ3n) is 2.94. The van der Waals surface area contributed by atoms with Crippen molar-refractivity contribution in [2.24, 2.45) is 11.5 Å². The van der Waals surface area contributed by atoms with Gasteiger partial charge in [0.1, 0.15) is 0 Å². The number of carbonyl (C=O) groups is 2. The Balaban J connectivity index is 0.000000280. The summed E-state index contributed by atoms with van der Waals surface area (Å²) in [5.41, 5.74) is 10.5. The van der Waals surface area contributed by atoms with Crippen molar-refractivity contribution in [3.05, 3.63) is 48.5 Å². The van der Waals surface area contributed by atoms with Gasteiger partial charge in [-0.15, -0.1) is 0 Å². The molecule has 0 fully saturated rings. The standard InChI is InChI=1S/2C7H9AsN2O4/c2*9-7(11)10-6-3-1-5(2-4-6)8(12,13)14/h2*1-4H,(H3,9,10,11)(H2,12,13,14). The Labute approximate surface area is 164 Å². The second-order valence-electron chi connectivity index (χ2n) is 5.16. The van der Waals surface area contributed by atoms with Crippen molar-refractivity contribution < 1.29 is 33.5 Å². The first kappa shape index (κ1) is 23.6. The molecule has 0 spiro atoms. The van der Waals surface area contributed by atoms with Gasteiger partial charge >= 0.3 is 165 Å². The molecule has 0 aromatic heterocycles. The van der Waals surface area contributed by atoms with Crippen molar-refractivity contribution in [3.63, 3.8) is 0 Å². The SMILES string of the molecule is NC(=O)Nc1ccc([As](=O)(O)O)cc1.NC(=O)Nc1ccc([As](=O)(O)O)cc1. The maximum absolute atomic E-state index is 10.8. The molecule has 0 bridgehead atoms. The monoisotopic (exact) mass is 520 g/mol. The maximum atomic E-state index is 10.8. The Morgan fingerprint density at radius 2 is 0.893 bits per heavy atom. The van der Waals surface area contributed by atoms with Crippen LogP contribution in [0.4, 0.5) is 21.0 Å². The van der Waals surface area contributed by atoms with Gasteiger partial charge in [0, 0.05) is 0 Å². The summed E-state index contributed by atoms with van der Waals surface area (Å²) in [6.45, 7) is 0. The summed E-state index contributed by atoms with van der Waals surface area (Å²) < 4.78 is 56.8. The molecule has 0 saturated carbocycles. The molecule has 2 aromatic carbocycles. The molecular formula is C14H18As2N4O8. The molecule has 0 unspecified atom stereocenters. The predicted octanol–water partition coefficient (Wildman–Crippen LogP) is -2.52. The van der Waals surface area contributed by atoms with E-state index in [1.165, 1.54) is 48.5 Å². The summed E-state index contributed by atoms with van der Waals surface area (Å²) in [6.07, 6.45) is 0. The fraction of sp³-hybridized carbons (Fsp3) is 0. The molecule has 2 aromatic rings. The number of nitrogens with two attached hydrogens (primary N) is 2. The van der Waals surface area contributed by atoms with Crippen molar-refractivity contribution in [2.45, 2.75) is 0 Å². The van der Waals surface area contributed by atoms with Crippen LogP contribution >= 0.6 is 0 Å². The molecule has 0 saturated heterocycles. The Hall–Kier alpha value is -2.46. The van der Waals surface area contributed by atoms with Gasteiger partial charge < -0.3 is 0 Å². The summed E-state index contributed by atoms with van der Waals surface area (Å²) >= 11 is -9.63. The molecule has 4 amide bonds. The number of rotatable bonds is 4. The zero-order valence-electron chi connectivity index (χ0n) is 14.1. The first-order valence-corrected chi connectivity index (χ1v) is 14.0. The average Bonchev–Trinajstić information content (AvgIpc) is 2.53. The third-order valence-corrected chi connectivity index (χ3v) is 7.02. The molecular weight excluding hydrogens is 502 g/mol. The molecule has 12 nitrogen and oxygen atoms in total. The van der Waals surface area contributed by atoms with Gasteiger partial charge in [0.05, 0.1) is 0 Å². The topological polar surface area (TPSA) is 225 Å². The molecule has 14 heteroatoms. The normalized spacial score (nSPS) is 11.0. The van der Waals surface area contributed by atoms with E-state index in [9.17, 15) is 17.1 Å². The Kier molecular flexibility index (Phi) is 8.12. The number of carbonyl (C=O) groups excluding carboxylic acids is 2. The number of nitrogens with one attached hydrogen (secondary N) is 2. The van der Waals surface area contributed by atoms with Crippen LogP contribution in [0, 0.1) is 0 Å². The van der Waals surface area contributed by atoms with E-state index in [0.29, 0.717) is 11.4 Å². The van der Waals surface area contributed by atoms with Crippen LogP contribution in [0.25, 0.3) is 0 Å². The van der Waals surface area contributed by atoms with E-state index in [1.807, 2.05) is 0 Å². The van der Waals surface area contributed by atoms with E-state index in [2.05, 4.69) is 10.6 Å². The van der Waals surface area contributed by atoms with Crippen LogP contribution in [0.1, 0.15) is 0 Å². The minimum atomic E-state index is -4.82. The number of urea groups is 2. The van der Waals surface area contributed by atoms with E-state index in [-0.39, 0.29) is 8.70 Å². The summed E-state index contributed by atoms with van der Waals surface area (Å²) in [7, 11) is 0. The first-order chi connectivity index (χ1) is 12.8. The zero-order chi connectivity index (χ0) is 21.5. The number of hydrogen-bond acceptors (Lipinski definition) is 4. The second-order valence-corrected chi connectivity index (χ2v) is 11.9. The van der Waals surface area contributed by atoms with Crippen LogP contribution in [0.3, 0.4) is 0 Å². The van der Waals surface area contributed by atoms with Crippen molar-refractivity contribution in [1.29, 1.82) is 0 Å². The number of amides is 4. The fourth-order valence-corrected chi connectivity index (χ4v) is 4.02. The van der Waals surface area contributed by atoms with Gasteiger partial charge in [-0.05, 0) is 0 Å². The number of hydrogen-bond donors (Lipinski definition) is 8. The number of anilines is 2. The summed E-state index contributed by atoms with van der Waals surface area (Å²) in [5.74, 6) is 0. The van der Waals surface area contributed by atoms with E-state index in [0.717, 1.165) is 0 Å². The molecule has 2 rings (SSSR count). The van der Waals surface area contributed by atoms with Crippen LogP contribution in [0.15, 0.2) is 48.5 Å². The van der Waals surface area contributed by atoms with Gasteiger partial charge in [-0.3, -0.25) is 0 Å². The summed E-state index contributed by atoms with van der Waals surface area (Å²) in [5, 5.41) is 4.55. The second kappa shape index (κ2) is 9.65. The molecule has 0 aliphatic rings. The molecule has 0 heterocycles. The molecule has 10 N–H and O–H groups in total. The predicted molar refractivity (Wildman–Crippen MR) is 100 cm³/mol. The van der Waals surface area contributed by atoms with Crippen molar-refractivity contribution >= 4 is 60.5 Å². The van der Waals surface area contributed by atoms with Crippen LogP contribution in [0.5, 0.6) is 0 Å². The van der Waals surface area contributed by atoms with Crippen LogP contribution in [-0.2, 0) is 7.48 Å². The van der Waals surface area contributed by atoms with Crippen LogP contribution in [0.2, 0.25) is 0 Å². The van der Waals surface area contributed by atoms with Crippen molar-refractivity contribution in [1.82, 2.24) is 0 Å². The van der Waals surface area contributed by atoms with Crippen LogP contribution < -0.4 is 30.8 Å². The molecule has 28 heavy (non-hydrogen) atoms. The third kappa shape index (κ3) is 8.48. The molecule has 0 atom stereocenters. The first-order valence-electron chi connectivity index (χ1n) is 7.24. The Bertz CT molecular complexity index is 844. The van der Waals surface area contributed by atoms with E-state index >= 15 is 0 Å². The Morgan fingerprint density at radius 1 is 0.643 bits per heavy atom. The van der Waals surface area contributed by atoms with Crippen LogP contribution in [-0.4, -0.2) is 56.8 Å². The molecule has 0 aliphatic heterocycles. The molecule has 152 valence electrons. The number of benzene rings is 2.